The topological polar surface area (TPSA) is 72.0 Å². The van der Waals surface area contributed by atoms with E-state index in [2.05, 4.69) is 15.1 Å². The van der Waals surface area contributed by atoms with Crippen LogP contribution < -0.4 is 0 Å². The summed E-state index contributed by atoms with van der Waals surface area (Å²) in [6.45, 7) is 3.63. The first-order valence-electron chi connectivity index (χ1n) is 6.00. The maximum atomic E-state index is 9.46. The number of aliphatic hydroxyl groups excluding tert-OH is 1. The second kappa shape index (κ2) is 4.44. The number of aromatic nitrogens is 3. The van der Waals surface area contributed by atoms with Crippen LogP contribution in [0.1, 0.15) is 17.1 Å². The number of benzene rings is 1. The third-order valence-electron chi connectivity index (χ3n) is 3.06. The van der Waals surface area contributed by atoms with Crippen LogP contribution in [-0.4, -0.2) is 20.2 Å². The van der Waals surface area contributed by atoms with Crippen LogP contribution in [0.3, 0.4) is 0 Å². The summed E-state index contributed by atoms with van der Waals surface area (Å²) in [5.41, 5.74) is 3.69. The van der Waals surface area contributed by atoms with Gasteiger partial charge in [-0.25, -0.2) is 4.98 Å². The molecule has 19 heavy (non-hydrogen) atoms. The van der Waals surface area contributed by atoms with Gasteiger partial charge in [0.25, 0.3) is 5.71 Å². The molecule has 0 radical (unpaired) electrons. The molecule has 0 aliphatic heterocycles. The molecule has 3 rings (SSSR count). The predicted molar refractivity (Wildman–Crippen MR) is 70.4 cm³/mol. The summed E-state index contributed by atoms with van der Waals surface area (Å²) in [5.74, 6) is 0.617. The molecule has 0 unspecified atom stereocenters. The molecular formula is C14H13N3O2. The zero-order valence-electron chi connectivity index (χ0n) is 10.7. The van der Waals surface area contributed by atoms with Crippen molar-refractivity contribution in [1.29, 1.82) is 0 Å². The fourth-order valence-corrected chi connectivity index (χ4v) is 2.18. The first-order valence-corrected chi connectivity index (χ1v) is 6.00. The van der Waals surface area contributed by atoms with Crippen molar-refractivity contribution in [2.45, 2.75) is 20.5 Å². The minimum Gasteiger partial charge on any atom is -0.392 e. The van der Waals surface area contributed by atoms with Gasteiger partial charge in [0.2, 0.25) is 0 Å². The number of aliphatic hydroxyl groups is 1. The van der Waals surface area contributed by atoms with Gasteiger partial charge in [-0.3, -0.25) is 0 Å². The van der Waals surface area contributed by atoms with E-state index in [0.29, 0.717) is 11.5 Å². The largest absolute Gasteiger partial charge is 0.392 e. The van der Waals surface area contributed by atoms with E-state index in [1.807, 2.05) is 38.1 Å². The maximum absolute atomic E-state index is 9.46. The van der Waals surface area contributed by atoms with Gasteiger partial charge in [-0.05, 0) is 19.4 Å². The van der Waals surface area contributed by atoms with Crippen LogP contribution in [0.15, 0.2) is 28.8 Å². The summed E-state index contributed by atoms with van der Waals surface area (Å²) in [4.78, 5) is 8.73. The highest BCUT2D eigenvalue weighted by Crippen LogP contribution is 2.30. The van der Waals surface area contributed by atoms with Crippen LogP contribution >= 0.6 is 0 Å². The van der Waals surface area contributed by atoms with Crippen molar-refractivity contribution in [2.24, 2.45) is 0 Å². The monoisotopic (exact) mass is 255 g/mol. The molecule has 0 saturated heterocycles. The molecular weight excluding hydrogens is 242 g/mol. The molecule has 2 aromatic heterocycles. The van der Waals surface area contributed by atoms with Crippen LogP contribution in [-0.2, 0) is 6.61 Å². The van der Waals surface area contributed by atoms with Crippen LogP contribution in [0.2, 0.25) is 0 Å². The molecule has 0 atom stereocenters. The molecule has 0 amide bonds. The zero-order chi connectivity index (χ0) is 13.4. The van der Waals surface area contributed by atoms with Crippen LogP contribution in [0.4, 0.5) is 0 Å². The van der Waals surface area contributed by atoms with Crippen molar-refractivity contribution in [2.75, 3.05) is 0 Å². The van der Waals surface area contributed by atoms with Gasteiger partial charge >= 0.3 is 0 Å². The normalized spacial score (nSPS) is 11.1. The highest BCUT2D eigenvalue weighted by atomic mass is 16.5. The average molecular weight is 255 g/mol. The second-order valence-corrected chi connectivity index (χ2v) is 4.38. The molecule has 0 saturated carbocycles. The molecule has 3 aromatic rings. The van der Waals surface area contributed by atoms with Crippen molar-refractivity contribution in [3.8, 4) is 11.3 Å². The molecule has 96 valence electrons. The summed E-state index contributed by atoms with van der Waals surface area (Å²) >= 11 is 0. The van der Waals surface area contributed by atoms with E-state index >= 15 is 0 Å². The Balaban J connectivity index is 2.38. The summed E-state index contributed by atoms with van der Waals surface area (Å²) < 4.78 is 5.20. The lowest BCUT2D eigenvalue weighted by Crippen LogP contribution is -1.96. The molecule has 0 fully saturated rings. The zero-order valence-corrected chi connectivity index (χ0v) is 10.7. The Morgan fingerprint density at radius 3 is 2.74 bits per heavy atom. The van der Waals surface area contributed by atoms with E-state index in [9.17, 15) is 5.11 Å². The van der Waals surface area contributed by atoms with Gasteiger partial charge in [0.1, 0.15) is 5.82 Å². The predicted octanol–water partition coefficient (Wildman–Crippen LogP) is 2.39. The van der Waals surface area contributed by atoms with Gasteiger partial charge in [0.05, 0.1) is 23.4 Å². The number of hydrogen-bond donors (Lipinski definition) is 1. The van der Waals surface area contributed by atoms with Crippen molar-refractivity contribution >= 4 is 11.1 Å². The van der Waals surface area contributed by atoms with Crippen molar-refractivity contribution in [3.05, 3.63) is 41.3 Å². The minimum atomic E-state index is -0.0367. The van der Waals surface area contributed by atoms with Gasteiger partial charge < -0.3 is 9.63 Å². The Hall–Kier alpha value is -2.27. The second-order valence-electron chi connectivity index (χ2n) is 4.38. The van der Waals surface area contributed by atoms with Crippen molar-refractivity contribution in [3.63, 3.8) is 0 Å². The SMILES string of the molecule is Cc1nc(-c2ccccc2CO)c2c(C)noc2n1. The number of rotatable bonds is 2. The standard InChI is InChI=1S/C14H13N3O2/c1-8-12-13(11-6-4-3-5-10(11)7-18)15-9(2)16-14(12)19-17-8/h3-6,18H,7H2,1-2H3. The molecule has 1 N–H and O–H groups in total. The summed E-state index contributed by atoms with van der Waals surface area (Å²) in [7, 11) is 0. The number of aryl methyl sites for hydroxylation is 2. The van der Waals surface area contributed by atoms with Crippen molar-refractivity contribution < 1.29 is 9.63 Å². The Labute approximate surface area is 109 Å². The fourth-order valence-electron chi connectivity index (χ4n) is 2.18. The van der Waals surface area contributed by atoms with Crippen molar-refractivity contribution in [1.82, 2.24) is 15.1 Å². The molecule has 2 heterocycles. The Kier molecular flexibility index (Phi) is 2.76. The number of hydrogen-bond acceptors (Lipinski definition) is 5. The van der Waals surface area contributed by atoms with E-state index in [0.717, 1.165) is 27.9 Å². The summed E-state index contributed by atoms with van der Waals surface area (Å²) in [5, 5.41) is 14.2. The molecule has 0 aliphatic carbocycles. The minimum absolute atomic E-state index is 0.0367. The molecule has 1 aromatic carbocycles. The van der Waals surface area contributed by atoms with Gasteiger partial charge in [-0.2, -0.15) is 4.98 Å². The van der Waals surface area contributed by atoms with E-state index in [1.54, 1.807) is 0 Å². The third kappa shape index (κ3) is 1.88. The van der Waals surface area contributed by atoms with E-state index < -0.39 is 0 Å². The van der Waals surface area contributed by atoms with E-state index in [1.165, 1.54) is 0 Å². The quantitative estimate of drug-likeness (QED) is 0.761. The number of nitrogens with zero attached hydrogens (tertiary/aromatic N) is 3. The van der Waals surface area contributed by atoms with Gasteiger partial charge in [-0.15, -0.1) is 0 Å². The first-order chi connectivity index (χ1) is 9.20. The molecule has 5 heteroatoms. The molecule has 0 aliphatic rings. The smallest absolute Gasteiger partial charge is 0.261 e. The van der Waals surface area contributed by atoms with E-state index in [-0.39, 0.29) is 6.61 Å². The lowest BCUT2D eigenvalue weighted by atomic mass is 10.0. The van der Waals surface area contributed by atoms with Crippen LogP contribution in [0, 0.1) is 13.8 Å². The first kappa shape index (κ1) is 11.8. The van der Waals surface area contributed by atoms with Gasteiger partial charge in [-0.1, -0.05) is 29.4 Å². The van der Waals surface area contributed by atoms with Crippen LogP contribution in [0.25, 0.3) is 22.4 Å². The fraction of sp³-hybridized carbons (Fsp3) is 0.214. The van der Waals surface area contributed by atoms with E-state index in [4.69, 9.17) is 4.52 Å². The average Bonchev–Trinajstić information content (AvgIpc) is 2.79. The number of fused-ring (bicyclic) bond motifs is 1. The molecule has 5 nitrogen and oxygen atoms in total. The Morgan fingerprint density at radius 2 is 1.95 bits per heavy atom. The van der Waals surface area contributed by atoms with Crippen LogP contribution in [0.5, 0.6) is 0 Å². The molecule has 0 spiro atoms. The van der Waals surface area contributed by atoms with Gasteiger partial charge in [0, 0.05) is 5.56 Å². The lowest BCUT2D eigenvalue weighted by molar-refractivity contribution is 0.282. The van der Waals surface area contributed by atoms with Gasteiger partial charge in [0.15, 0.2) is 0 Å². The Morgan fingerprint density at radius 1 is 1.16 bits per heavy atom. The third-order valence-corrected chi connectivity index (χ3v) is 3.06. The highest BCUT2D eigenvalue weighted by molar-refractivity contribution is 5.92. The lowest BCUT2D eigenvalue weighted by Gasteiger charge is -2.08. The molecule has 0 bridgehead atoms. The summed E-state index contributed by atoms with van der Waals surface area (Å²) in [6.07, 6.45) is 0. The maximum Gasteiger partial charge on any atom is 0.261 e. The highest BCUT2D eigenvalue weighted by Gasteiger charge is 2.16. The Bertz CT molecular complexity index is 750. The summed E-state index contributed by atoms with van der Waals surface area (Å²) in [6, 6.07) is 7.61.